The molecule has 0 spiro atoms. The van der Waals surface area contributed by atoms with E-state index in [1.165, 1.54) is 4.90 Å². The van der Waals surface area contributed by atoms with Gasteiger partial charge in [-0.25, -0.2) is 0 Å². The number of unbranched alkanes of at least 4 members (excludes halogenated alkanes) is 1. The molecule has 0 nitrogen and oxygen atoms in total. The third kappa shape index (κ3) is 4.26. The summed E-state index contributed by atoms with van der Waals surface area (Å²) in [5.74, 6) is 1.85. The highest BCUT2D eigenvalue weighted by Crippen LogP contribution is 2.27. The largest absolute Gasteiger partial charge is 0.127 e. The van der Waals surface area contributed by atoms with Gasteiger partial charge in [0.05, 0.1) is 5.02 Å². The number of hydrogen-bond donors (Lipinski definition) is 0. The van der Waals surface area contributed by atoms with Gasteiger partial charge in [-0.2, -0.15) is 0 Å². The molecule has 0 fully saturated rings. The first-order chi connectivity index (χ1) is 6.34. The molecule has 0 saturated heterocycles. The van der Waals surface area contributed by atoms with Crippen LogP contribution in [0.3, 0.4) is 0 Å². The van der Waals surface area contributed by atoms with Gasteiger partial charge in [-0.1, -0.05) is 23.7 Å². The van der Waals surface area contributed by atoms with Crippen LogP contribution in [-0.2, 0) is 0 Å². The highest BCUT2D eigenvalue weighted by Gasteiger charge is 1.98. The maximum absolute atomic E-state index is 5.99. The van der Waals surface area contributed by atoms with Crippen molar-refractivity contribution in [2.45, 2.75) is 17.7 Å². The van der Waals surface area contributed by atoms with Crippen molar-refractivity contribution < 1.29 is 0 Å². The third-order valence-corrected chi connectivity index (χ3v) is 3.49. The number of thioether (sulfide) groups is 1. The Hall–Kier alpha value is 0.150. The molecule has 1 rings (SSSR count). The first kappa shape index (κ1) is 11.2. The molecule has 0 heterocycles. The fourth-order valence-corrected chi connectivity index (χ4v) is 2.38. The van der Waals surface area contributed by atoms with Crippen molar-refractivity contribution in [1.29, 1.82) is 0 Å². The van der Waals surface area contributed by atoms with Crippen molar-refractivity contribution >= 4 is 35.0 Å². The zero-order chi connectivity index (χ0) is 9.52. The summed E-state index contributed by atoms with van der Waals surface area (Å²) in [7, 11) is 0. The topological polar surface area (TPSA) is 0 Å². The van der Waals surface area contributed by atoms with Gasteiger partial charge in [0.25, 0.3) is 0 Å². The van der Waals surface area contributed by atoms with Crippen LogP contribution >= 0.6 is 35.0 Å². The van der Waals surface area contributed by atoms with Crippen molar-refractivity contribution in [1.82, 2.24) is 0 Å². The van der Waals surface area contributed by atoms with Crippen LogP contribution in [0.2, 0.25) is 5.02 Å². The lowest BCUT2D eigenvalue weighted by atomic mass is 10.4. The summed E-state index contributed by atoms with van der Waals surface area (Å²) < 4.78 is 0. The molecule has 0 radical (unpaired) electrons. The maximum Gasteiger partial charge on any atom is 0.0541 e. The molecule has 1 aromatic carbocycles. The van der Waals surface area contributed by atoms with E-state index in [-0.39, 0.29) is 0 Å². The predicted molar refractivity (Wildman–Crippen MR) is 62.1 cm³/mol. The van der Waals surface area contributed by atoms with Gasteiger partial charge in [0, 0.05) is 10.8 Å². The Balaban J connectivity index is 2.32. The second-order valence-electron chi connectivity index (χ2n) is 2.67. The minimum Gasteiger partial charge on any atom is -0.127 e. The van der Waals surface area contributed by atoms with Crippen LogP contribution in [-0.4, -0.2) is 11.6 Å². The van der Waals surface area contributed by atoms with E-state index in [1.807, 2.05) is 24.3 Å². The molecule has 0 bridgehead atoms. The lowest BCUT2D eigenvalue weighted by Crippen LogP contribution is -1.82. The lowest BCUT2D eigenvalue weighted by molar-refractivity contribution is 0.903. The van der Waals surface area contributed by atoms with E-state index in [0.717, 1.165) is 29.5 Å². The Bertz CT molecular complexity index is 250. The average Bonchev–Trinajstić information content (AvgIpc) is 2.15. The molecule has 0 N–H and O–H groups in total. The Morgan fingerprint density at radius 1 is 1.15 bits per heavy atom. The fourth-order valence-electron chi connectivity index (χ4n) is 0.940. The van der Waals surface area contributed by atoms with Crippen LogP contribution in [0.25, 0.3) is 0 Å². The van der Waals surface area contributed by atoms with E-state index >= 15 is 0 Å². The summed E-state index contributed by atoms with van der Waals surface area (Å²) in [6, 6.07) is 7.93. The molecule has 0 unspecified atom stereocenters. The Labute approximate surface area is 93.6 Å². The van der Waals surface area contributed by atoms with E-state index in [4.69, 9.17) is 23.2 Å². The standard InChI is InChI=1S/C10H12Cl2S/c11-7-3-4-8-13-10-6-2-1-5-9(10)12/h1-2,5-6H,3-4,7-8H2. The monoisotopic (exact) mass is 234 g/mol. The zero-order valence-electron chi connectivity index (χ0n) is 7.30. The number of benzene rings is 1. The Morgan fingerprint density at radius 2 is 1.92 bits per heavy atom. The normalized spacial score (nSPS) is 10.3. The SMILES string of the molecule is ClCCCCSc1ccccc1Cl. The first-order valence-corrected chi connectivity index (χ1v) is 6.17. The summed E-state index contributed by atoms with van der Waals surface area (Å²) in [5.41, 5.74) is 0. The number of halogens is 2. The fraction of sp³-hybridized carbons (Fsp3) is 0.400. The number of hydrogen-bond acceptors (Lipinski definition) is 1. The highest BCUT2D eigenvalue weighted by molar-refractivity contribution is 7.99. The van der Waals surface area contributed by atoms with E-state index in [9.17, 15) is 0 Å². The quantitative estimate of drug-likeness (QED) is 0.412. The van der Waals surface area contributed by atoms with Crippen molar-refractivity contribution in [3.8, 4) is 0 Å². The van der Waals surface area contributed by atoms with Gasteiger partial charge in [0.2, 0.25) is 0 Å². The van der Waals surface area contributed by atoms with Crippen LogP contribution in [0.1, 0.15) is 12.8 Å². The molecular weight excluding hydrogens is 223 g/mol. The second kappa shape index (κ2) is 6.58. The second-order valence-corrected chi connectivity index (χ2v) is 4.60. The summed E-state index contributed by atoms with van der Waals surface area (Å²) in [6.45, 7) is 0. The van der Waals surface area contributed by atoms with Crippen LogP contribution in [0.15, 0.2) is 29.2 Å². The van der Waals surface area contributed by atoms with Crippen LogP contribution in [0.5, 0.6) is 0 Å². The van der Waals surface area contributed by atoms with Crippen molar-refractivity contribution in [2.24, 2.45) is 0 Å². The average molecular weight is 235 g/mol. The van der Waals surface area contributed by atoms with Gasteiger partial charge < -0.3 is 0 Å². The van der Waals surface area contributed by atoms with Gasteiger partial charge >= 0.3 is 0 Å². The number of rotatable bonds is 5. The molecule has 0 atom stereocenters. The minimum absolute atomic E-state index is 0.753. The molecule has 0 amide bonds. The minimum atomic E-state index is 0.753. The molecule has 0 aliphatic carbocycles. The van der Waals surface area contributed by atoms with E-state index in [2.05, 4.69) is 0 Å². The summed E-state index contributed by atoms with van der Waals surface area (Å²) in [4.78, 5) is 1.17. The molecular formula is C10H12Cl2S. The molecule has 3 heteroatoms. The van der Waals surface area contributed by atoms with E-state index < -0.39 is 0 Å². The van der Waals surface area contributed by atoms with Crippen molar-refractivity contribution in [3.63, 3.8) is 0 Å². The smallest absolute Gasteiger partial charge is 0.0541 e. The zero-order valence-corrected chi connectivity index (χ0v) is 9.63. The first-order valence-electron chi connectivity index (χ1n) is 4.28. The van der Waals surface area contributed by atoms with Gasteiger partial charge in [0.15, 0.2) is 0 Å². The Morgan fingerprint density at radius 3 is 2.62 bits per heavy atom. The molecule has 0 aliphatic heterocycles. The van der Waals surface area contributed by atoms with Crippen LogP contribution in [0.4, 0.5) is 0 Å². The molecule has 1 aromatic rings. The third-order valence-electron chi connectivity index (χ3n) is 1.62. The van der Waals surface area contributed by atoms with Gasteiger partial charge in [-0.15, -0.1) is 23.4 Å². The highest BCUT2D eigenvalue weighted by atomic mass is 35.5. The molecule has 72 valence electrons. The molecule has 13 heavy (non-hydrogen) atoms. The Kier molecular flexibility index (Phi) is 5.68. The van der Waals surface area contributed by atoms with E-state index in [0.29, 0.717) is 0 Å². The molecule has 0 aliphatic rings. The van der Waals surface area contributed by atoms with Crippen molar-refractivity contribution in [2.75, 3.05) is 11.6 Å². The number of alkyl halides is 1. The van der Waals surface area contributed by atoms with Crippen molar-refractivity contribution in [3.05, 3.63) is 29.3 Å². The van der Waals surface area contributed by atoms with Gasteiger partial charge in [-0.3, -0.25) is 0 Å². The summed E-state index contributed by atoms with van der Waals surface area (Å²) >= 11 is 13.4. The lowest BCUT2D eigenvalue weighted by Gasteiger charge is -2.02. The van der Waals surface area contributed by atoms with E-state index in [1.54, 1.807) is 11.8 Å². The summed E-state index contributed by atoms with van der Waals surface area (Å²) in [6.07, 6.45) is 2.23. The molecule has 0 saturated carbocycles. The predicted octanol–water partition coefficient (Wildman–Crippen LogP) is 4.45. The van der Waals surface area contributed by atoms with Crippen LogP contribution < -0.4 is 0 Å². The van der Waals surface area contributed by atoms with Gasteiger partial charge in [-0.05, 0) is 30.7 Å². The molecule has 0 aromatic heterocycles. The summed E-state index contributed by atoms with van der Waals surface area (Å²) in [5, 5.41) is 0.846. The van der Waals surface area contributed by atoms with Gasteiger partial charge in [0.1, 0.15) is 0 Å². The maximum atomic E-state index is 5.99. The van der Waals surface area contributed by atoms with Crippen LogP contribution in [0, 0.1) is 0 Å².